The van der Waals surface area contributed by atoms with E-state index in [-0.39, 0.29) is 19.4 Å². The molecule has 0 aliphatic rings. The lowest BCUT2D eigenvalue weighted by molar-refractivity contribution is -0.142. The zero-order valence-corrected chi connectivity index (χ0v) is 14.3. The summed E-state index contributed by atoms with van der Waals surface area (Å²) in [6.45, 7) is 2.53. The zero-order chi connectivity index (χ0) is 18.5. The Morgan fingerprint density at radius 1 is 0.917 bits per heavy atom. The Kier molecular flexibility index (Phi) is 11.8. The van der Waals surface area contributed by atoms with Crippen molar-refractivity contribution in [2.75, 3.05) is 13.1 Å². The number of hydrogen-bond acceptors (Lipinski definition) is 6. The second-order valence-corrected chi connectivity index (χ2v) is 5.72. The van der Waals surface area contributed by atoms with E-state index in [2.05, 4.69) is 10.6 Å². The number of carbonyl (C=O) groups is 3. The lowest BCUT2D eigenvalue weighted by Crippen LogP contribution is -2.54. The van der Waals surface area contributed by atoms with Crippen LogP contribution in [0.5, 0.6) is 0 Å². The molecule has 0 radical (unpaired) electrons. The lowest BCUT2D eigenvalue weighted by Gasteiger charge is -2.22. The molecule has 2 amide bonds. The lowest BCUT2D eigenvalue weighted by atomic mass is 10.1. The molecule has 0 saturated carbocycles. The Labute approximate surface area is 142 Å². The van der Waals surface area contributed by atoms with Crippen molar-refractivity contribution >= 4 is 17.8 Å². The quantitative estimate of drug-likeness (QED) is 0.224. The van der Waals surface area contributed by atoms with Gasteiger partial charge in [-0.1, -0.05) is 13.3 Å². The molecule has 0 fully saturated rings. The number of carboxylic acid groups (broad SMARTS) is 1. The Morgan fingerprint density at radius 3 is 2.04 bits per heavy atom. The highest BCUT2D eigenvalue weighted by Crippen LogP contribution is 2.03. The van der Waals surface area contributed by atoms with Crippen molar-refractivity contribution in [2.45, 2.75) is 63.6 Å². The number of carboxylic acids is 1. The van der Waals surface area contributed by atoms with Crippen LogP contribution in [0, 0.1) is 0 Å². The molecule has 0 saturated heterocycles. The molecule has 3 atom stereocenters. The van der Waals surface area contributed by atoms with E-state index in [1.165, 1.54) is 0 Å². The number of amides is 2. The van der Waals surface area contributed by atoms with Crippen LogP contribution < -0.4 is 27.8 Å². The van der Waals surface area contributed by atoms with E-state index in [4.69, 9.17) is 17.2 Å². The molecule has 0 rings (SSSR count). The second kappa shape index (κ2) is 12.7. The van der Waals surface area contributed by atoms with Crippen molar-refractivity contribution in [3.63, 3.8) is 0 Å². The highest BCUT2D eigenvalue weighted by atomic mass is 16.4. The number of unbranched alkanes of at least 4 members (excludes halogenated alkanes) is 1. The average Bonchev–Trinajstić information content (AvgIpc) is 2.53. The fraction of sp³-hybridized carbons (Fsp3) is 0.800. The summed E-state index contributed by atoms with van der Waals surface area (Å²) in [6.07, 6.45) is 2.98. The Hall–Kier alpha value is -1.71. The molecule has 0 bridgehead atoms. The molecule has 0 aromatic carbocycles. The van der Waals surface area contributed by atoms with Crippen LogP contribution in [0.4, 0.5) is 0 Å². The van der Waals surface area contributed by atoms with Crippen molar-refractivity contribution in [3.05, 3.63) is 0 Å². The summed E-state index contributed by atoms with van der Waals surface area (Å²) in [5.74, 6) is -2.14. The van der Waals surface area contributed by atoms with Gasteiger partial charge in [-0.2, -0.15) is 0 Å². The summed E-state index contributed by atoms with van der Waals surface area (Å²) in [4.78, 5) is 35.5. The average molecular weight is 345 g/mol. The zero-order valence-electron chi connectivity index (χ0n) is 14.3. The fourth-order valence-corrected chi connectivity index (χ4v) is 2.18. The van der Waals surface area contributed by atoms with Gasteiger partial charge in [0.25, 0.3) is 0 Å². The van der Waals surface area contributed by atoms with Gasteiger partial charge in [-0.05, 0) is 45.2 Å². The van der Waals surface area contributed by atoms with E-state index >= 15 is 0 Å². The first-order chi connectivity index (χ1) is 11.4. The molecular weight excluding hydrogens is 314 g/mol. The Balaban J connectivity index is 4.74. The minimum absolute atomic E-state index is 0.173. The van der Waals surface area contributed by atoms with Gasteiger partial charge in [-0.25, -0.2) is 4.79 Å². The van der Waals surface area contributed by atoms with E-state index in [1.54, 1.807) is 0 Å². The summed E-state index contributed by atoms with van der Waals surface area (Å²) in [5, 5.41) is 14.2. The number of hydrogen-bond donors (Lipinski definition) is 6. The molecule has 0 aromatic rings. The van der Waals surface area contributed by atoms with Crippen LogP contribution in [0.2, 0.25) is 0 Å². The molecule has 0 aliphatic carbocycles. The van der Waals surface area contributed by atoms with Crippen molar-refractivity contribution < 1.29 is 19.5 Å². The normalized spacial score (nSPS) is 14.5. The number of rotatable bonds is 13. The molecule has 0 spiro atoms. The Bertz CT molecular complexity index is 405. The van der Waals surface area contributed by atoms with Gasteiger partial charge in [0.05, 0.1) is 6.04 Å². The molecule has 2 unspecified atom stereocenters. The summed E-state index contributed by atoms with van der Waals surface area (Å²) >= 11 is 0. The number of aliphatic carboxylic acids is 1. The molecule has 9 N–H and O–H groups in total. The highest BCUT2D eigenvalue weighted by Gasteiger charge is 2.27. The minimum Gasteiger partial charge on any atom is -0.480 e. The molecule has 0 heterocycles. The third kappa shape index (κ3) is 8.80. The maximum absolute atomic E-state index is 12.3. The first-order valence-electron chi connectivity index (χ1n) is 8.36. The van der Waals surface area contributed by atoms with Crippen LogP contribution in [0.25, 0.3) is 0 Å². The largest absolute Gasteiger partial charge is 0.480 e. The van der Waals surface area contributed by atoms with E-state index in [1.807, 2.05) is 6.92 Å². The van der Waals surface area contributed by atoms with Crippen LogP contribution in [-0.4, -0.2) is 54.1 Å². The minimum atomic E-state index is -1.12. The van der Waals surface area contributed by atoms with E-state index < -0.39 is 35.9 Å². The van der Waals surface area contributed by atoms with E-state index in [0.29, 0.717) is 25.8 Å². The second-order valence-electron chi connectivity index (χ2n) is 5.72. The van der Waals surface area contributed by atoms with Crippen LogP contribution in [0.1, 0.15) is 45.4 Å². The monoisotopic (exact) mass is 345 g/mol. The first kappa shape index (κ1) is 22.3. The van der Waals surface area contributed by atoms with Gasteiger partial charge < -0.3 is 32.9 Å². The molecule has 140 valence electrons. The van der Waals surface area contributed by atoms with Gasteiger partial charge in [-0.15, -0.1) is 0 Å². The van der Waals surface area contributed by atoms with Crippen LogP contribution >= 0.6 is 0 Å². The number of nitrogens with two attached hydrogens (primary N) is 3. The fourth-order valence-electron chi connectivity index (χ4n) is 2.18. The molecule has 24 heavy (non-hydrogen) atoms. The molecule has 0 aromatic heterocycles. The first-order valence-corrected chi connectivity index (χ1v) is 8.36. The molecule has 9 nitrogen and oxygen atoms in total. The standard InChI is InChI=1S/C15H31N5O4/c1-2-5-10(18)13(21)19-11(7-9-17)14(22)20-12(15(23)24)6-3-4-8-16/h10-12H,2-9,16-18H2,1H3,(H,19,21)(H,20,22)(H,23,24)/t10?,11?,12-/m0/s1. The van der Waals surface area contributed by atoms with Gasteiger partial charge in [0, 0.05) is 0 Å². The smallest absolute Gasteiger partial charge is 0.326 e. The maximum Gasteiger partial charge on any atom is 0.326 e. The molecule has 9 heteroatoms. The van der Waals surface area contributed by atoms with Crippen molar-refractivity contribution in [3.8, 4) is 0 Å². The van der Waals surface area contributed by atoms with Crippen molar-refractivity contribution in [2.24, 2.45) is 17.2 Å². The summed E-state index contributed by atoms with van der Waals surface area (Å²) in [5.41, 5.74) is 16.6. The predicted octanol–water partition coefficient (Wildman–Crippen LogP) is -1.35. The van der Waals surface area contributed by atoms with Crippen LogP contribution in [0.15, 0.2) is 0 Å². The van der Waals surface area contributed by atoms with Crippen molar-refractivity contribution in [1.82, 2.24) is 10.6 Å². The van der Waals surface area contributed by atoms with Gasteiger partial charge in [0.1, 0.15) is 12.1 Å². The molecule has 0 aliphatic heterocycles. The Morgan fingerprint density at radius 2 is 1.54 bits per heavy atom. The summed E-state index contributed by atoms with van der Waals surface area (Å²) < 4.78 is 0. The van der Waals surface area contributed by atoms with Gasteiger partial charge in [0.2, 0.25) is 11.8 Å². The van der Waals surface area contributed by atoms with Crippen LogP contribution in [-0.2, 0) is 14.4 Å². The highest BCUT2D eigenvalue weighted by molar-refractivity contribution is 5.91. The maximum atomic E-state index is 12.3. The third-order valence-corrected chi connectivity index (χ3v) is 3.59. The van der Waals surface area contributed by atoms with Crippen LogP contribution in [0.3, 0.4) is 0 Å². The van der Waals surface area contributed by atoms with Gasteiger partial charge in [0.15, 0.2) is 0 Å². The number of carbonyl (C=O) groups excluding carboxylic acids is 2. The van der Waals surface area contributed by atoms with E-state index in [0.717, 1.165) is 6.42 Å². The van der Waals surface area contributed by atoms with Crippen molar-refractivity contribution in [1.29, 1.82) is 0 Å². The summed E-state index contributed by atoms with van der Waals surface area (Å²) in [7, 11) is 0. The predicted molar refractivity (Wildman–Crippen MR) is 91.0 cm³/mol. The number of nitrogens with one attached hydrogen (secondary N) is 2. The van der Waals surface area contributed by atoms with E-state index in [9.17, 15) is 19.5 Å². The third-order valence-electron chi connectivity index (χ3n) is 3.59. The SMILES string of the molecule is CCCC(N)C(=O)NC(CCN)C(=O)N[C@@H](CCCCN)C(=O)O. The molecular formula is C15H31N5O4. The van der Waals surface area contributed by atoms with Gasteiger partial charge >= 0.3 is 5.97 Å². The topological polar surface area (TPSA) is 174 Å². The van der Waals surface area contributed by atoms with Gasteiger partial charge in [-0.3, -0.25) is 9.59 Å². The summed E-state index contributed by atoms with van der Waals surface area (Å²) in [6, 6.07) is -2.63.